The molecule has 1 aliphatic rings. The topological polar surface area (TPSA) is 64.3 Å². The molecule has 0 bridgehead atoms. The third kappa shape index (κ3) is 4.96. The van der Waals surface area contributed by atoms with E-state index in [1.54, 1.807) is 0 Å². The van der Waals surface area contributed by atoms with E-state index < -0.39 is 0 Å². The van der Waals surface area contributed by atoms with Crippen LogP contribution in [0.25, 0.3) is 0 Å². The SMILES string of the molecule is CC(C)COc1ccc(C(C)NC(=O)[C@@H]2CCC[C@@H]2CN)cc1. The summed E-state index contributed by atoms with van der Waals surface area (Å²) in [6, 6.07) is 7.99. The molecule has 4 heteroatoms. The minimum Gasteiger partial charge on any atom is -0.493 e. The fraction of sp³-hybridized carbons (Fsp3) is 0.632. The van der Waals surface area contributed by atoms with Crippen LogP contribution in [0.5, 0.6) is 5.75 Å². The van der Waals surface area contributed by atoms with E-state index in [0.717, 1.165) is 30.6 Å². The van der Waals surface area contributed by atoms with Crippen LogP contribution in [-0.2, 0) is 4.79 Å². The Morgan fingerprint density at radius 3 is 2.57 bits per heavy atom. The molecule has 1 aromatic rings. The molecule has 3 atom stereocenters. The smallest absolute Gasteiger partial charge is 0.223 e. The zero-order valence-electron chi connectivity index (χ0n) is 14.5. The Morgan fingerprint density at radius 1 is 1.26 bits per heavy atom. The lowest BCUT2D eigenvalue weighted by molar-refractivity contribution is -0.126. The number of hydrogen-bond donors (Lipinski definition) is 2. The lowest BCUT2D eigenvalue weighted by atomic mass is 9.94. The number of nitrogens with one attached hydrogen (secondary N) is 1. The molecule has 0 heterocycles. The maximum Gasteiger partial charge on any atom is 0.223 e. The molecule has 1 amide bonds. The first-order chi connectivity index (χ1) is 11.0. The molecule has 0 aliphatic heterocycles. The summed E-state index contributed by atoms with van der Waals surface area (Å²) in [5, 5.41) is 3.14. The van der Waals surface area contributed by atoms with Gasteiger partial charge in [-0.05, 0) is 55.8 Å². The first-order valence-electron chi connectivity index (χ1n) is 8.74. The highest BCUT2D eigenvalue weighted by Crippen LogP contribution is 2.31. The van der Waals surface area contributed by atoms with Crippen molar-refractivity contribution in [3.05, 3.63) is 29.8 Å². The van der Waals surface area contributed by atoms with E-state index >= 15 is 0 Å². The largest absolute Gasteiger partial charge is 0.493 e. The van der Waals surface area contributed by atoms with Crippen LogP contribution >= 0.6 is 0 Å². The average Bonchev–Trinajstić information content (AvgIpc) is 3.02. The molecule has 1 unspecified atom stereocenters. The quantitative estimate of drug-likeness (QED) is 0.811. The lowest BCUT2D eigenvalue weighted by Crippen LogP contribution is -2.36. The minimum absolute atomic E-state index is 0.000623. The zero-order valence-corrected chi connectivity index (χ0v) is 14.5. The van der Waals surface area contributed by atoms with E-state index in [4.69, 9.17) is 10.5 Å². The van der Waals surface area contributed by atoms with E-state index in [1.807, 2.05) is 31.2 Å². The highest BCUT2D eigenvalue weighted by molar-refractivity contribution is 5.79. The third-order valence-corrected chi connectivity index (χ3v) is 4.62. The molecule has 1 saturated carbocycles. The van der Waals surface area contributed by atoms with Gasteiger partial charge in [0.25, 0.3) is 0 Å². The summed E-state index contributed by atoms with van der Waals surface area (Å²) in [4.78, 5) is 12.5. The number of hydrogen-bond acceptors (Lipinski definition) is 3. The lowest BCUT2D eigenvalue weighted by Gasteiger charge is -2.21. The van der Waals surface area contributed by atoms with Crippen LogP contribution in [0.2, 0.25) is 0 Å². The maximum atomic E-state index is 12.5. The van der Waals surface area contributed by atoms with Crippen molar-refractivity contribution in [2.75, 3.05) is 13.2 Å². The van der Waals surface area contributed by atoms with E-state index in [9.17, 15) is 4.79 Å². The molecule has 2 rings (SSSR count). The predicted octanol–water partition coefficient (Wildman–Crippen LogP) is 3.27. The van der Waals surface area contributed by atoms with Gasteiger partial charge < -0.3 is 15.8 Å². The highest BCUT2D eigenvalue weighted by Gasteiger charge is 2.32. The summed E-state index contributed by atoms with van der Waals surface area (Å²) in [6.45, 7) is 7.60. The van der Waals surface area contributed by atoms with Crippen molar-refractivity contribution in [1.29, 1.82) is 0 Å². The summed E-state index contributed by atoms with van der Waals surface area (Å²) in [5.41, 5.74) is 6.87. The van der Waals surface area contributed by atoms with Gasteiger partial charge in [-0.1, -0.05) is 32.4 Å². The molecule has 4 nitrogen and oxygen atoms in total. The Kier molecular flexibility index (Phi) is 6.46. The van der Waals surface area contributed by atoms with Gasteiger partial charge in [0.15, 0.2) is 0 Å². The number of carbonyl (C=O) groups is 1. The van der Waals surface area contributed by atoms with Crippen LogP contribution in [0, 0.1) is 17.8 Å². The number of nitrogens with two attached hydrogens (primary N) is 1. The maximum absolute atomic E-state index is 12.5. The predicted molar refractivity (Wildman–Crippen MR) is 93.2 cm³/mol. The molecule has 0 spiro atoms. The molecule has 1 aromatic carbocycles. The van der Waals surface area contributed by atoms with Crippen LogP contribution in [0.15, 0.2) is 24.3 Å². The first-order valence-corrected chi connectivity index (χ1v) is 8.74. The number of carbonyl (C=O) groups excluding carboxylic acids is 1. The Balaban J connectivity index is 1.90. The van der Waals surface area contributed by atoms with Crippen molar-refractivity contribution in [3.63, 3.8) is 0 Å². The minimum atomic E-state index is 0.000623. The van der Waals surface area contributed by atoms with Crippen LogP contribution < -0.4 is 15.8 Å². The summed E-state index contributed by atoms with van der Waals surface area (Å²) in [5.74, 6) is 1.95. The molecule has 23 heavy (non-hydrogen) atoms. The number of rotatable bonds is 7. The van der Waals surface area contributed by atoms with Crippen LogP contribution in [-0.4, -0.2) is 19.1 Å². The number of benzene rings is 1. The normalized spacial score (nSPS) is 22.1. The Labute approximate surface area is 139 Å². The molecular formula is C19H30N2O2. The van der Waals surface area contributed by atoms with Gasteiger partial charge >= 0.3 is 0 Å². The second kappa shape index (κ2) is 8.34. The second-order valence-corrected chi connectivity index (χ2v) is 7.04. The molecule has 1 fully saturated rings. The summed E-state index contributed by atoms with van der Waals surface area (Å²) in [6.07, 6.45) is 3.14. The molecule has 0 radical (unpaired) electrons. The Morgan fingerprint density at radius 2 is 1.96 bits per heavy atom. The molecule has 1 aliphatic carbocycles. The highest BCUT2D eigenvalue weighted by atomic mass is 16.5. The van der Waals surface area contributed by atoms with Crippen molar-refractivity contribution < 1.29 is 9.53 Å². The van der Waals surface area contributed by atoms with Crippen molar-refractivity contribution in [2.45, 2.75) is 46.1 Å². The van der Waals surface area contributed by atoms with E-state index in [2.05, 4.69) is 19.2 Å². The van der Waals surface area contributed by atoms with Crippen LogP contribution in [0.1, 0.15) is 51.6 Å². The van der Waals surface area contributed by atoms with Crippen LogP contribution in [0.3, 0.4) is 0 Å². The summed E-state index contributed by atoms with van der Waals surface area (Å²) < 4.78 is 5.69. The van der Waals surface area contributed by atoms with Crippen molar-refractivity contribution in [3.8, 4) is 5.75 Å². The van der Waals surface area contributed by atoms with Gasteiger partial charge in [-0.3, -0.25) is 4.79 Å². The molecule has 0 saturated heterocycles. The van der Waals surface area contributed by atoms with Gasteiger partial charge in [0.2, 0.25) is 5.91 Å². The molecular weight excluding hydrogens is 288 g/mol. The first kappa shape index (κ1) is 17.8. The standard InChI is InChI=1S/C19H30N2O2/c1-13(2)12-23-17-9-7-15(8-10-17)14(3)21-19(22)18-6-4-5-16(18)11-20/h7-10,13-14,16,18H,4-6,11-12,20H2,1-3H3,(H,21,22)/t14?,16-,18-/m1/s1. The van der Waals surface area contributed by atoms with Gasteiger partial charge in [-0.15, -0.1) is 0 Å². The summed E-state index contributed by atoms with van der Waals surface area (Å²) in [7, 11) is 0. The molecule has 0 aromatic heterocycles. The number of amides is 1. The summed E-state index contributed by atoms with van der Waals surface area (Å²) >= 11 is 0. The Bertz CT molecular complexity index is 499. The second-order valence-electron chi connectivity index (χ2n) is 7.04. The fourth-order valence-electron chi connectivity index (χ4n) is 3.18. The average molecular weight is 318 g/mol. The van der Waals surface area contributed by atoms with Gasteiger partial charge in [0.05, 0.1) is 12.6 Å². The number of ether oxygens (including phenoxy) is 1. The van der Waals surface area contributed by atoms with E-state index in [0.29, 0.717) is 25.0 Å². The van der Waals surface area contributed by atoms with E-state index in [1.165, 1.54) is 0 Å². The molecule has 128 valence electrons. The zero-order chi connectivity index (χ0) is 16.8. The van der Waals surface area contributed by atoms with Gasteiger partial charge in [0.1, 0.15) is 5.75 Å². The van der Waals surface area contributed by atoms with Crippen molar-refractivity contribution >= 4 is 5.91 Å². The van der Waals surface area contributed by atoms with Crippen LogP contribution in [0.4, 0.5) is 0 Å². The van der Waals surface area contributed by atoms with Crippen molar-refractivity contribution in [1.82, 2.24) is 5.32 Å². The Hall–Kier alpha value is -1.55. The van der Waals surface area contributed by atoms with Gasteiger partial charge in [-0.25, -0.2) is 0 Å². The third-order valence-electron chi connectivity index (χ3n) is 4.62. The fourth-order valence-corrected chi connectivity index (χ4v) is 3.18. The monoisotopic (exact) mass is 318 g/mol. The van der Waals surface area contributed by atoms with E-state index in [-0.39, 0.29) is 17.9 Å². The molecule has 3 N–H and O–H groups in total. The van der Waals surface area contributed by atoms with Crippen molar-refractivity contribution in [2.24, 2.45) is 23.5 Å². The van der Waals surface area contributed by atoms with Gasteiger partial charge in [-0.2, -0.15) is 0 Å². The van der Waals surface area contributed by atoms with Gasteiger partial charge in [0, 0.05) is 5.92 Å².